The highest BCUT2D eigenvalue weighted by atomic mass is 19.4. The van der Waals surface area contributed by atoms with Gasteiger partial charge in [-0.3, -0.25) is 9.69 Å². The van der Waals surface area contributed by atoms with E-state index in [1.54, 1.807) is 4.90 Å². The number of piperazine rings is 1. The van der Waals surface area contributed by atoms with Crippen molar-refractivity contribution in [3.05, 3.63) is 35.4 Å². The number of hydrogen-bond donors (Lipinski definition) is 1. The Morgan fingerprint density at radius 1 is 1.00 bits per heavy atom. The Morgan fingerprint density at radius 2 is 1.70 bits per heavy atom. The normalized spacial score (nSPS) is 17.4. The van der Waals surface area contributed by atoms with Gasteiger partial charge in [0.1, 0.15) is 0 Å². The Kier molecular flexibility index (Phi) is 7.21. The molecule has 0 aliphatic carbocycles. The highest BCUT2D eigenvalue weighted by Crippen LogP contribution is 2.29. The first-order chi connectivity index (χ1) is 14.3. The molecule has 0 saturated carbocycles. The number of likely N-dealkylation sites (tertiary alicyclic amines) is 1. The van der Waals surface area contributed by atoms with E-state index in [1.807, 2.05) is 4.90 Å². The number of halogens is 3. The molecule has 2 heterocycles. The van der Waals surface area contributed by atoms with Crippen LogP contribution < -0.4 is 5.32 Å². The molecule has 6 nitrogen and oxygen atoms in total. The van der Waals surface area contributed by atoms with Crippen LogP contribution >= 0.6 is 0 Å². The molecule has 0 spiro atoms. The average molecular weight is 422 g/mol. The topological polar surface area (TPSA) is 55.9 Å². The van der Waals surface area contributed by atoms with E-state index in [-0.39, 0.29) is 24.0 Å². The lowest BCUT2D eigenvalue weighted by Gasteiger charge is -2.34. The fraction of sp³-hybridized carbons (Fsp3) is 0.524. The van der Waals surface area contributed by atoms with Crippen molar-refractivity contribution in [3.63, 3.8) is 0 Å². The Labute approximate surface area is 174 Å². The molecule has 162 valence electrons. The predicted molar refractivity (Wildman–Crippen MR) is 106 cm³/mol. The summed E-state index contributed by atoms with van der Waals surface area (Å²) in [5.74, 6) is 5.47. The number of carbonyl (C=O) groups is 2. The third-order valence-corrected chi connectivity index (χ3v) is 5.23. The van der Waals surface area contributed by atoms with Crippen molar-refractivity contribution >= 4 is 11.9 Å². The number of carbonyl (C=O) groups excluding carboxylic acids is 2. The molecule has 0 atom stereocenters. The molecule has 1 N–H and O–H groups in total. The molecular weight excluding hydrogens is 397 g/mol. The highest BCUT2D eigenvalue weighted by Gasteiger charge is 2.30. The van der Waals surface area contributed by atoms with Crippen molar-refractivity contribution in [3.8, 4) is 11.8 Å². The molecule has 2 aliphatic heterocycles. The first-order valence-corrected chi connectivity index (χ1v) is 10.0. The molecule has 0 bridgehead atoms. The van der Waals surface area contributed by atoms with Crippen LogP contribution in [0.15, 0.2) is 24.3 Å². The summed E-state index contributed by atoms with van der Waals surface area (Å²) in [7, 11) is 0. The van der Waals surface area contributed by atoms with Crippen LogP contribution in [0, 0.1) is 11.8 Å². The summed E-state index contributed by atoms with van der Waals surface area (Å²) in [4.78, 5) is 30.0. The average Bonchev–Trinajstić information content (AvgIpc) is 3.26. The van der Waals surface area contributed by atoms with Crippen LogP contribution in [-0.2, 0) is 11.0 Å². The van der Waals surface area contributed by atoms with Crippen LogP contribution in [0.1, 0.15) is 24.0 Å². The highest BCUT2D eigenvalue weighted by molar-refractivity contribution is 5.78. The minimum Gasteiger partial charge on any atom is -0.342 e. The maximum atomic E-state index is 12.7. The lowest BCUT2D eigenvalue weighted by atomic mass is 10.1. The van der Waals surface area contributed by atoms with Gasteiger partial charge in [-0.2, -0.15) is 13.2 Å². The molecule has 30 heavy (non-hydrogen) atoms. The van der Waals surface area contributed by atoms with E-state index >= 15 is 0 Å². The van der Waals surface area contributed by atoms with Gasteiger partial charge < -0.3 is 15.1 Å². The second-order valence-corrected chi connectivity index (χ2v) is 7.39. The fourth-order valence-corrected chi connectivity index (χ4v) is 3.52. The van der Waals surface area contributed by atoms with Crippen molar-refractivity contribution in [2.45, 2.75) is 19.0 Å². The predicted octanol–water partition coefficient (Wildman–Crippen LogP) is 2.01. The third kappa shape index (κ3) is 6.13. The smallest absolute Gasteiger partial charge is 0.342 e. The summed E-state index contributed by atoms with van der Waals surface area (Å²) in [5, 5.41) is 2.67. The number of alkyl halides is 3. The number of nitrogens with zero attached hydrogens (tertiary/aromatic N) is 3. The maximum absolute atomic E-state index is 12.7. The van der Waals surface area contributed by atoms with Gasteiger partial charge in [-0.25, -0.2) is 4.79 Å². The first kappa shape index (κ1) is 22.0. The van der Waals surface area contributed by atoms with Gasteiger partial charge in [-0.1, -0.05) is 17.9 Å². The molecule has 1 aromatic carbocycles. The van der Waals surface area contributed by atoms with Gasteiger partial charge in [0.15, 0.2) is 0 Å². The first-order valence-electron chi connectivity index (χ1n) is 10.0. The van der Waals surface area contributed by atoms with E-state index in [1.165, 1.54) is 12.1 Å². The summed E-state index contributed by atoms with van der Waals surface area (Å²) in [6, 6.07) is 4.51. The molecular formula is C21H25F3N4O2. The SMILES string of the molecule is O=C(CN1CCN(C(=O)NCC#Cc2cccc(C(F)(F)F)c2)CC1)N1CCCC1. The lowest BCUT2D eigenvalue weighted by molar-refractivity contribution is -0.137. The van der Waals surface area contributed by atoms with E-state index in [0.717, 1.165) is 38.1 Å². The molecule has 2 saturated heterocycles. The number of urea groups is 1. The molecule has 9 heteroatoms. The van der Waals surface area contributed by atoms with Gasteiger partial charge in [-0.05, 0) is 31.0 Å². The molecule has 0 aromatic heterocycles. The van der Waals surface area contributed by atoms with Crippen molar-refractivity contribution in [2.75, 3.05) is 52.4 Å². The van der Waals surface area contributed by atoms with Crippen LogP contribution in [0.2, 0.25) is 0 Å². The van der Waals surface area contributed by atoms with Crippen molar-refractivity contribution < 1.29 is 22.8 Å². The Morgan fingerprint density at radius 3 is 2.37 bits per heavy atom. The van der Waals surface area contributed by atoms with Crippen LogP contribution in [-0.4, -0.2) is 79.0 Å². The lowest BCUT2D eigenvalue weighted by Crippen LogP contribution is -2.53. The van der Waals surface area contributed by atoms with Gasteiger partial charge in [0.25, 0.3) is 0 Å². The minimum atomic E-state index is -4.41. The third-order valence-electron chi connectivity index (χ3n) is 5.23. The zero-order chi connectivity index (χ0) is 21.6. The van der Waals surface area contributed by atoms with E-state index in [4.69, 9.17) is 0 Å². The summed E-state index contributed by atoms with van der Waals surface area (Å²) >= 11 is 0. The minimum absolute atomic E-state index is 0.0444. The van der Waals surface area contributed by atoms with Crippen LogP contribution in [0.4, 0.5) is 18.0 Å². The number of amides is 3. The summed E-state index contributed by atoms with van der Waals surface area (Å²) in [6.07, 6.45) is -2.28. The second-order valence-electron chi connectivity index (χ2n) is 7.39. The molecule has 0 unspecified atom stereocenters. The monoisotopic (exact) mass is 422 g/mol. The van der Waals surface area contributed by atoms with E-state index in [9.17, 15) is 22.8 Å². The number of benzene rings is 1. The van der Waals surface area contributed by atoms with E-state index < -0.39 is 11.7 Å². The molecule has 3 rings (SSSR count). The Hall–Kier alpha value is -2.73. The second kappa shape index (κ2) is 9.85. The van der Waals surface area contributed by atoms with Gasteiger partial charge in [0.05, 0.1) is 18.7 Å². The molecule has 0 radical (unpaired) electrons. The summed E-state index contributed by atoms with van der Waals surface area (Å²) in [5.41, 5.74) is -0.505. The van der Waals surface area contributed by atoms with Crippen molar-refractivity contribution in [1.29, 1.82) is 0 Å². The molecule has 3 amide bonds. The van der Waals surface area contributed by atoms with Gasteiger partial charge in [0.2, 0.25) is 5.91 Å². The summed E-state index contributed by atoms with van der Waals surface area (Å²) in [6.45, 7) is 4.39. The number of rotatable bonds is 3. The fourth-order valence-electron chi connectivity index (χ4n) is 3.52. The van der Waals surface area contributed by atoms with Gasteiger partial charge in [0, 0.05) is 44.8 Å². The molecule has 2 aliphatic rings. The molecule has 1 aromatic rings. The van der Waals surface area contributed by atoms with Crippen LogP contribution in [0.25, 0.3) is 0 Å². The zero-order valence-corrected chi connectivity index (χ0v) is 16.7. The maximum Gasteiger partial charge on any atom is 0.416 e. The number of nitrogens with one attached hydrogen (secondary N) is 1. The van der Waals surface area contributed by atoms with Crippen LogP contribution in [0.3, 0.4) is 0 Å². The zero-order valence-electron chi connectivity index (χ0n) is 16.7. The Bertz CT molecular complexity index is 818. The van der Waals surface area contributed by atoms with Gasteiger partial charge >= 0.3 is 12.2 Å². The van der Waals surface area contributed by atoms with E-state index in [0.29, 0.717) is 32.7 Å². The quantitative estimate of drug-likeness (QED) is 0.759. The number of hydrogen-bond acceptors (Lipinski definition) is 3. The largest absolute Gasteiger partial charge is 0.416 e. The van der Waals surface area contributed by atoms with Gasteiger partial charge in [-0.15, -0.1) is 0 Å². The standard InChI is InChI=1S/C21H25F3N4O2/c22-21(23,24)18-7-3-5-17(15-18)6-4-8-25-20(30)28-13-11-26(12-14-28)16-19(29)27-9-1-2-10-27/h3,5,7,15H,1-2,8-14,16H2,(H,25,30). The van der Waals surface area contributed by atoms with Crippen molar-refractivity contribution in [2.24, 2.45) is 0 Å². The molecule has 2 fully saturated rings. The summed E-state index contributed by atoms with van der Waals surface area (Å²) < 4.78 is 38.1. The van der Waals surface area contributed by atoms with Crippen LogP contribution in [0.5, 0.6) is 0 Å². The van der Waals surface area contributed by atoms with Crippen molar-refractivity contribution in [1.82, 2.24) is 20.0 Å². The van der Waals surface area contributed by atoms with E-state index in [2.05, 4.69) is 22.1 Å². The Balaban J connectivity index is 1.39.